The van der Waals surface area contributed by atoms with Crippen LogP contribution >= 0.6 is 0 Å². The number of aromatic nitrogens is 1. The summed E-state index contributed by atoms with van der Waals surface area (Å²) in [5, 5.41) is 2.62. The molecule has 1 aromatic heterocycles. The summed E-state index contributed by atoms with van der Waals surface area (Å²) >= 11 is 0. The number of nitrogens with zero attached hydrogens (tertiary/aromatic N) is 2. The van der Waals surface area contributed by atoms with Gasteiger partial charge in [0.1, 0.15) is 11.4 Å². The van der Waals surface area contributed by atoms with Gasteiger partial charge in [0.25, 0.3) is 0 Å². The molecule has 0 amide bonds. The molecule has 1 N–H and O–H groups in total. The van der Waals surface area contributed by atoms with Crippen LogP contribution in [0.2, 0.25) is 0 Å². The Bertz CT molecular complexity index is 531. The Labute approximate surface area is 109 Å². The van der Waals surface area contributed by atoms with E-state index in [2.05, 4.69) is 10.3 Å². The van der Waals surface area contributed by atoms with Crippen molar-refractivity contribution >= 4 is 15.7 Å². The van der Waals surface area contributed by atoms with E-state index in [1.165, 1.54) is 26.2 Å². The minimum absolute atomic E-state index is 0.204. The van der Waals surface area contributed by atoms with Crippen molar-refractivity contribution in [3.8, 4) is 0 Å². The van der Waals surface area contributed by atoms with Crippen molar-refractivity contribution in [2.45, 2.75) is 18.0 Å². The van der Waals surface area contributed by atoms with Gasteiger partial charge >= 0.3 is 6.18 Å². The molecule has 9 heteroatoms. The van der Waals surface area contributed by atoms with Crippen LogP contribution in [0.3, 0.4) is 0 Å². The summed E-state index contributed by atoms with van der Waals surface area (Å²) in [6, 6.07) is 1.38. The van der Waals surface area contributed by atoms with Gasteiger partial charge in [0, 0.05) is 26.0 Å². The summed E-state index contributed by atoms with van der Waals surface area (Å²) in [5.41, 5.74) is 0.204. The highest BCUT2D eigenvalue weighted by Gasteiger charge is 2.37. The maximum Gasteiger partial charge on any atom is 0.402 e. The molecular formula is C10H14F3N3O2S. The average molecular weight is 297 g/mol. The maximum atomic E-state index is 12.4. The zero-order valence-corrected chi connectivity index (χ0v) is 11.2. The first kappa shape index (κ1) is 15.7. The molecule has 0 aliphatic heterocycles. The fourth-order valence-corrected chi connectivity index (χ4v) is 3.07. The van der Waals surface area contributed by atoms with Crippen molar-refractivity contribution in [3.63, 3.8) is 0 Å². The van der Waals surface area contributed by atoms with E-state index in [-0.39, 0.29) is 17.1 Å². The van der Waals surface area contributed by atoms with E-state index in [9.17, 15) is 21.6 Å². The van der Waals surface area contributed by atoms with Crippen LogP contribution in [0.15, 0.2) is 23.4 Å². The first-order valence-corrected chi connectivity index (χ1v) is 6.85. The van der Waals surface area contributed by atoms with Crippen molar-refractivity contribution < 1.29 is 21.6 Å². The molecule has 0 spiro atoms. The molecule has 1 heterocycles. The van der Waals surface area contributed by atoms with Crippen LogP contribution in [0, 0.1) is 0 Å². The number of halogens is 3. The van der Waals surface area contributed by atoms with Gasteiger partial charge in [-0.25, -0.2) is 8.42 Å². The third-order valence-corrected chi connectivity index (χ3v) is 4.33. The zero-order chi connectivity index (χ0) is 14.7. The summed E-state index contributed by atoms with van der Waals surface area (Å²) in [5.74, 6) is 0. The fourth-order valence-electron chi connectivity index (χ4n) is 1.50. The molecule has 0 fully saturated rings. The molecule has 0 saturated carbocycles. The van der Waals surface area contributed by atoms with Crippen LogP contribution in [0.5, 0.6) is 0 Å². The van der Waals surface area contributed by atoms with Gasteiger partial charge in [0.15, 0.2) is 0 Å². The maximum absolute atomic E-state index is 12.4. The lowest BCUT2D eigenvalue weighted by atomic mass is 10.4. The van der Waals surface area contributed by atoms with Crippen LogP contribution in [-0.4, -0.2) is 44.0 Å². The van der Waals surface area contributed by atoms with Gasteiger partial charge < -0.3 is 5.32 Å². The Hall–Kier alpha value is -1.35. The third-order valence-electron chi connectivity index (χ3n) is 2.38. The molecule has 0 aromatic carbocycles. The largest absolute Gasteiger partial charge is 0.402 e. The monoisotopic (exact) mass is 297 g/mol. The predicted molar refractivity (Wildman–Crippen MR) is 64.3 cm³/mol. The SMILES string of the molecule is CCN(CC(F)(F)F)S(=O)(=O)c1cnccc1NC. The number of alkyl halides is 3. The highest BCUT2D eigenvalue weighted by molar-refractivity contribution is 7.89. The normalized spacial score (nSPS) is 12.7. The highest BCUT2D eigenvalue weighted by atomic mass is 32.2. The first-order chi connectivity index (χ1) is 8.72. The van der Waals surface area contributed by atoms with E-state index in [4.69, 9.17) is 0 Å². The molecule has 0 saturated heterocycles. The van der Waals surface area contributed by atoms with Gasteiger partial charge in [-0.15, -0.1) is 0 Å². The Morgan fingerprint density at radius 2 is 2.05 bits per heavy atom. The lowest BCUT2D eigenvalue weighted by Crippen LogP contribution is -2.39. The number of rotatable bonds is 5. The van der Waals surface area contributed by atoms with Gasteiger partial charge in [-0.3, -0.25) is 4.98 Å². The number of nitrogens with one attached hydrogen (secondary N) is 1. The van der Waals surface area contributed by atoms with Crippen molar-refractivity contribution in [2.75, 3.05) is 25.5 Å². The van der Waals surface area contributed by atoms with Crippen molar-refractivity contribution in [2.24, 2.45) is 0 Å². The van der Waals surface area contributed by atoms with E-state index < -0.39 is 22.7 Å². The Kier molecular flexibility index (Phi) is 4.75. The Balaban J connectivity index is 3.21. The van der Waals surface area contributed by atoms with E-state index >= 15 is 0 Å². The van der Waals surface area contributed by atoms with Crippen LogP contribution < -0.4 is 5.32 Å². The molecule has 108 valence electrons. The topological polar surface area (TPSA) is 62.3 Å². The van der Waals surface area contributed by atoms with Crippen LogP contribution in [0.1, 0.15) is 6.92 Å². The minimum atomic E-state index is -4.59. The predicted octanol–water partition coefficient (Wildman–Crippen LogP) is 1.70. The number of hydrogen-bond acceptors (Lipinski definition) is 4. The van der Waals surface area contributed by atoms with Gasteiger partial charge in [-0.2, -0.15) is 17.5 Å². The van der Waals surface area contributed by atoms with Crippen LogP contribution in [0.4, 0.5) is 18.9 Å². The summed E-state index contributed by atoms with van der Waals surface area (Å²) in [7, 11) is -2.76. The molecule has 0 unspecified atom stereocenters. The Morgan fingerprint density at radius 1 is 1.42 bits per heavy atom. The van der Waals surface area contributed by atoms with Gasteiger partial charge in [-0.1, -0.05) is 6.92 Å². The standard InChI is InChI=1S/C10H14F3N3O2S/c1-3-16(7-10(11,12)13)19(17,18)9-6-15-5-4-8(9)14-2/h4-6H,3,7H2,1-2H3,(H,14,15). The summed E-state index contributed by atoms with van der Waals surface area (Å²) in [6.45, 7) is -0.456. The highest BCUT2D eigenvalue weighted by Crippen LogP contribution is 2.26. The lowest BCUT2D eigenvalue weighted by Gasteiger charge is -2.22. The second-order valence-electron chi connectivity index (χ2n) is 3.67. The molecule has 0 bridgehead atoms. The second-order valence-corrected chi connectivity index (χ2v) is 5.57. The molecule has 5 nitrogen and oxygen atoms in total. The van der Waals surface area contributed by atoms with Crippen molar-refractivity contribution in [1.29, 1.82) is 0 Å². The summed E-state index contributed by atoms with van der Waals surface area (Å²) in [4.78, 5) is 3.37. The second kappa shape index (κ2) is 5.74. The van der Waals surface area contributed by atoms with E-state index in [0.717, 1.165) is 6.20 Å². The molecule has 0 aliphatic carbocycles. The van der Waals surface area contributed by atoms with Gasteiger partial charge in [0.05, 0.1) is 5.69 Å². The molecule has 0 aliphatic rings. The lowest BCUT2D eigenvalue weighted by molar-refractivity contribution is -0.135. The van der Waals surface area contributed by atoms with Gasteiger partial charge in [-0.05, 0) is 6.07 Å². The molecule has 1 aromatic rings. The average Bonchev–Trinajstić information content (AvgIpc) is 2.34. The minimum Gasteiger partial charge on any atom is -0.387 e. The van der Waals surface area contributed by atoms with Crippen LogP contribution in [0.25, 0.3) is 0 Å². The van der Waals surface area contributed by atoms with E-state index in [1.54, 1.807) is 0 Å². The first-order valence-electron chi connectivity index (χ1n) is 5.41. The van der Waals surface area contributed by atoms with E-state index in [1.807, 2.05) is 0 Å². The van der Waals surface area contributed by atoms with Crippen molar-refractivity contribution in [3.05, 3.63) is 18.5 Å². The third kappa shape index (κ3) is 3.80. The smallest absolute Gasteiger partial charge is 0.387 e. The number of pyridine rings is 1. The summed E-state index contributed by atoms with van der Waals surface area (Å²) < 4.78 is 61.9. The van der Waals surface area contributed by atoms with Crippen molar-refractivity contribution in [1.82, 2.24) is 9.29 Å². The van der Waals surface area contributed by atoms with Crippen LogP contribution in [-0.2, 0) is 10.0 Å². The number of anilines is 1. The van der Waals surface area contributed by atoms with Gasteiger partial charge in [0.2, 0.25) is 10.0 Å². The zero-order valence-electron chi connectivity index (χ0n) is 10.4. The molecular weight excluding hydrogens is 283 g/mol. The number of sulfonamides is 1. The quantitative estimate of drug-likeness (QED) is 0.898. The molecule has 1 rings (SSSR count). The molecule has 19 heavy (non-hydrogen) atoms. The molecule has 0 atom stereocenters. The number of hydrogen-bond donors (Lipinski definition) is 1. The van der Waals surface area contributed by atoms with E-state index in [0.29, 0.717) is 4.31 Å². The Morgan fingerprint density at radius 3 is 2.53 bits per heavy atom. The summed E-state index contributed by atoms with van der Waals surface area (Å²) in [6.07, 6.45) is -2.21. The molecule has 0 radical (unpaired) electrons. The fraction of sp³-hybridized carbons (Fsp3) is 0.500.